The van der Waals surface area contributed by atoms with E-state index in [9.17, 15) is 4.79 Å². The van der Waals surface area contributed by atoms with Gasteiger partial charge in [0.2, 0.25) is 0 Å². The summed E-state index contributed by atoms with van der Waals surface area (Å²) in [6.45, 7) is 1.51. The highest BCUT2D eigenvalue weighted by molar-refractivity contribution is 5.80. The summed E-state index contributed by atoms with van der Waals surface area (Å²) < 4.78 is 3.81. The molecule has 126 valence electrons. The number of aromatic nitrogens is 4. The largest absolute Gasteiger partial charge is 0.355 e. The van der Waals surface area contributed by atoms with Crippen LogP contribution in [0.25, 0.3) is 11.0 Å². The average molecular weight is 333 g/mol. The molecule has 0 saturated heterocycles. The van der Waals surface area contributed by atoms with E-state index < -0.39 is 0 Å². The molecule has 2 heterocycles. The van der Waals surface area contributed by atoms with Crippen LogP contribution in [0.4, 0.5) is 11.4 Å². The van der Waals surface area contributed by atoms with Gasteiger partial charge in [-0.25, -0.2) is 9.78 Å². The molecule has 4 rings (SSSR count). The average Bonchev–Trinajstić information content (AvgIpc) is 3.24. The number of para-hydroxylation sites is 1. The van der Waals surface area contributed by atoms with E-state index in [1.807, 2.05) is 59.3 Å². The Morgan fingerprint density at radius 2 is 1.92 bits per heavy atom. The Labute approximate surface area is 144 Å². The Balaban J connectivity index is 1.53. The maximum atomic E-state index is 12.3. The fourth-order valence-corrected chi connectivity index (χ4v) is 2.98. The molecular weight excluding hydrogens is 314 g/mol. The number of fused-ring (bicyclic) bond motifs is 1. The molecule has 0 unspecified atom stereocenters. The molecular formula is C19H19N5O. The lowest BCUT2D eigenvalue weighted by molar-refractivity contribution is 0.562. The first-order valence-corrected chi connectivity index (χ1v) is 8.30. The number of rotatable bonds is 6. The summed E-state index contributed by atoms with van der Waals surface area (Å²) in [6, 6.07) is 15.9. The summed E-state index contributed by atoms with van der Waals surface area (Å²) >= 11 is 0. The molecule has 4 aromatic rings. The molecule has 0 aliphatic carbocycles. The first-order valence-electron chi connectivity index (χ1n) is 8.30. The highest BCUT2D eigenvalue weighted by Crippen LogP contribution is 2.20. The van der Waals surface area contributed by atoms with Crippen molar-refractivity contribution in [3.63, 3.8) is 0 Å². The smallest absolute Gasteiger partial charge is 0.326 e. The molecule has 25 heavy (non-hydrogen) atoms. The minimum Gasteiger partial charge on any atom is -0.355 e. The number of hydrogen-bond donors (Lipinski definition) is 2. The first-order chi connectivity index (χ1) is 12.3. The molecule has 2 N–H and O–H groups in total. The van der Waals surface area contributed by atoms with Crippen molar-refractivity contribution >= 4 is 22.4 Å². The van der Waals surface area contributed by atoms with Crippen molar-refractivity contribution in [2.75, 3.05) is 5.32 Å². The predicted molar refractivity (Wildman–Crippen MR) is 99.1 cm³/mol. The summed E-state index contributed by atoms with van der Waals surface area (Å²) in [4.78, 5) is 19.2. The van der Waals surface area contributed by atoms with Gasteiger partial charge in [0.15, 0.2) is 0 Å². The van der Waals surface area contributed by atoms with Gasteiger partial charge in [0.05, 0.1) is 17.4 Å². The Morgan fingerprint density at radius 1 is 1.04 bits per heavy atom. The summed E-state index contributed by atoms with van der Waals surface area (Å²) in [5.41, 5.74) is 3.66. The van der Waals surface area contributed by atoms with E-state index >= 15 is 0 Å². The normalized spacial score (nSPS) is 11.0. The van der Waals surface area contributed by atoms with Gasteiger partial charge in [0.25, 0.3) is 0 Å². The van der Waals surface area contributed by atoms with Crippen molar-refractivity contribution in [1.82, 2.24) is 19.1 Å². The standard InChI is InChI=1S/C19H19N5O/c25-19-22-17-13-16(21-15-5-2-1-3-6-15)7-8-18(17)24(19)11-4-10-23-12-9-20-14-23/h1-3,5-9,12-14,21H,4,10-11H2,(H,22,25). The Hall–Kier alpha value is -3.28. The molecule has 2 aromatic heterocycles. The lowest BCUT2D eigenvalue weighted by atomic mass is 10.2. The van der Waals surface area contributed by atoms with Crippen LogP contribution < -0.4 is 11.0 Å². The van der Waals surface area contributed by atoms with E-state index in [4.69, 9.17) is 0 Å². The zero-order valence-electron chi connectivity index (χ0n) is 13.7. The third-order valence-electron chi connectivity index (χ3n) is 4.19. The Morgan fingerprint density at radius 3 is 2.72 bits per heavy atom. The predicted octanol–water partition coefficient (Wildman–Crippen LogP) is 3.36. The Bertz CT molecular complexity index is 1020. The monoisotopic (exact) mass is 333 g/mol. The van der Waals surface area contributed by atoms with Gasteiger partial charge in [-0.15, -0.1) is 0 Å². The van der Waals surface area contributed by atoms with Crippen LogP contribution in [-0.4, -0.2) is 19.1 Å². The summed E-state index contributed by atoms with van der Waals surface area (Å²) in [6.07, 6.45) is 6.35. The highest BCUT2D eigenvalue weighted by Gasteiger charge is 2.07. The number of hydrogen-bond acceptors (Lipinski definition) is 3. The number of aryl methyl sites for hydroxylation is 2. The van der Waals surface area contributed by atoms with E-state index in [1.54, 1.807) is 17.1 Å². The van der Waals surface area contributed by atoms with Gasteiger partial charge >= 0.3 is 5.69 Å². The molecule has 0 spiro atoms. The second kappa shape index (κ2) is 6.68. The number of nitrogens with one attached hydrogen (secondary N) is 2. The molecule has 0 aliphatic rings. The number of nitrogens with zero attached hydrogens (tertiary/aromatic N) is 3. The van der Waals surface area contributed by atoms with Crippen LogP contribution in [0, 0.1) is 0 Å². The second-order valence-electron chi connectivity index (χ2n) is 5.96. The van der Waals surface area contributed by atoms with Crippen LogP contribution in [0.3, 0.4) is 0 Å². The minimum atomic E-state index is -0.0718. The second-order valence-corrected chi connectivity index (χ2v) is 5.96. The number of benzene rings is 2. The third-order valence-corrected chi connectivity index (χ3v) is 4.19. The Kier molecular flexibility index (Phi) is 4.08. The van der Waals surface area contributed by atoms with Crippen molar-refractivity contribution in [2.24, 2.45) is 0 Å². The molecule has 2 aromatic carbocycles. The third kappa shape index (κ3) is 3.33. The molecule has 0 amide bonds. The molecule has 0 saturated carbocycles. The first kappa shape index (κ1) is 15.3. The van der Waals surface area contributed by atoms with E-state index in [-0.39, 0.29) is 5.69 Å². The minimum absolute atomic E-state index is 0.0718. The van der Waals surface area contributed by atoms with E-state index in [2.05, 4.69) is 15.3 Å². The van der Waals surface area contributed by atoms with Gasteiger partial charge in [0, 0.05) is 36.9 Å². The van der Waals surface area contributed by atoms with Gasteiger partial charge in [0.1, 0.15) is 0 Å². The molecule has 6 heteroatoms. The molecule has 0 atom stereocenters. The molecule has 0 aliphatic heterocycles. The molecule has 0 radical (unpaired) electrons. The molecule has 0 bridgehead atoms. The maximum absolute atomic E-state index is 12.3. The quantitative estimate of drug-likeness (QED) is 0.568. The fraction of sp³-hybridized carbons (Fsp3) is 0.158. The van der Waals surface area contributed by atoms with E-state index in [0.29, 0.717) is 6.54 Å². The fourth-order valence-electron chi connectivity index (χ4n) is 2.98. The van der Waals surface area contributed by atoms with E-state index in [1.165, 1.54) is 0 Å². The van der Waals surface area contributed by atoms with Crippen LogP contribution in [0.1, 0.15) is 6.42 Å². The lowest BCUT2D eigenvalue weighted by Crippen LogP contribution is -2.17. The van der Waals surface area contributed by atoms with Gasteiger partial charge in [-0.3, -0.25) is 4.57 Å². The highest BCUT2D eigenvalue weighted by atomic mass is 16.1. The van der Waals surface area contributed by atoms with Crippen LogP contribution >= 0.6 is 0 Å². The summed E-state index contributed by atoms with van der Waals surface area (Å²) in [7, 11) is 0. The summed E-state index contributed by atoms with van der Waals surface area (Å²) in [5, 5.41) is 3.34. The van der Waals surface area contributed by atoms with E-state index in [0.717, 1.165) is 35.4 Å². The molecule has 0 fully saturated rings. The van der Waals surface area contributed by atoms with Crippen molar-refractivity contribution in [3.05, 3.63) is 77.7 Å². The van der Waals surface area contributed by atoms with Crippen molar-refractivity contribution in [2.45, 2.75) is 19.5 Å². The number of imidazole rings is 2. The van der Waals surface area contributed by atoms with Crippen molar-refractivity contribution in [1.29, 1.82) is 0 Å². The van der Waals surface area contributed by atoms with Gasteiger partial charge in [-0.05, 0) is 36.8 Å². The van der Waals surface area contributed by atoms with Crippen LogP contribution in [0.5, 0.6) is 0 Å². The number of H-pyrrole nitrogens is 1. The topological polar surface area (TPSA) is 67.6 Å². The van der Waals surface area contributed by atoms with Crippen LogP contribution in [-0.2, 0) is 13.1 Å². The van der Waals surface area contributed by atoms with Crippen LogP contribution in [0.15, 0.2) is 72.0 Å². The molecule has 6 nitrogen and oxygen atoms in total. The zero-order valence-corrected chi connectivity index (χ0v) is 13.7. The SMILES string of the molecule is O=c1[nH]c2cc(Nc3ccccc3)ccc2n1CCCn1ccnc1. The van der Waals surface area contributed by atoms with Crippen molar-refractivity contribution in [3.8, 4) is 0 Å². The summed E-state index contributed by atoms with van der Waals surface area (Å²) in [5.74, 6) is 0. The van der Waals surface area contributed by atoms with Gasteiger partial charge in [-0.2, -0.15) is 0 Å². The van der Waals surface area contributed by atoms with Crippen LogP contribution in [0.2, 0.25) is 0 Å². The van der Waals surface area contributed by atoms with Gasteiger partial charge < -0.3 is 14.9 Å². The lowest BCUT2D eigenvalue weighted by Gasteiger charge is -2.07. The maximum Gasteiger partial charge on any atom is 0.326 e. The number of anilines is 2. The van der Waals surface area contributed by atoms with Gasteiger partial charge in [-0.1, -0.05) is 18.2 Å². The zero-order chi connectivity index (χ0) is 17.1. The number of aromatic amines is 1. The van der Waals surface area contributed by atoms with Crippen molar-refractivity contribution < 1.29 is 0 Å².